The van der Waals surface area contributed by atoms with Gasteiger partial charge in [0, 0.05) is 51.3 Å². The number of hydrogen-bond donors (Lipinski definition) is 1. The van der Waals surface area contributed by atoms with Gasteiger partial charge in [0.25, 0.3) is 5.91 Å². The third kappa shape index (κ3) is 2.21. The van der Waals surface area contributed by atoms with Crippen LogP contribution in [0.25, 0.3) is 0 Å². The predicted molar refractivity (Wildman–Crippen MR) is 65.5 cm³/mol. The molecule has 2 aliphatic heterocycles. The summed E-state index contributed by atoms with van der Waals surface area (Å²) in [5, 5.41) is 7.14. The van der Waals surface area contributed by atoms with Crippen molar-refractivity contribution in [1.29, 1.82) is 0 Å². The largest absolute Gasteiger partial charge is 0.360 e. The Morgan fingerprint density at radius 3 is 2.84 bits per heavy atom. The van der Waals surface area contributed by atoms with Crippen molar-refractivity contribution in [2.75, 3.05) is 32.7 Å². The van der Waals surface area contributed by atoms with E-state index in [1.807, 2.05) is 0 Å². The fraction of sp³-hybridized carbons (Fsp3) is 0.583. The highest BCUT2D eigenvalue weighted by Crippen LogP contribution is 2.19. The Morgan fingerprint density at radius 1 is 1.32 bits per heavy atom. The van der Waals surface area contributed by atoms with Crippen LogP contribution in [0.1, 0.15) is 21.8 Å². The van der Waals surface area contributed by atoms with Gasteiger partial charge < -0.3 is 19.6 Å². The zero-order valence-electron chi connectivity index (χ0n) is 10.6. The fourth-order valence-electron chi connectivity index (χ4n) is 2.49. The highest BCUT2D eigenvalue weighted by Gasteiger charge is 2.29. The quantitative estimate of drug-likeness (QED) is 0.710. The molecule has 3 heterocycles. The summed E-state index contributed by atoms with van der Waals surface area (Å²) in [6.45, 7) is 3.74. The lowest BCUT2D eigenvalue weighted by Crippen LogP contribution is -2.48. The van der Waals surface area contributed by atoms with E-state index in [4.69, 9.17) is 4.52 Å². The second kappa shape index (κ2) is 5.00. The topological polar surface area (TPSA) is 78.7 Å². The molecule has 102 valence electrons. The number of carbonyl (C=O) groups excluding carboxylic acids is 2. The normalized spacial score (nSPS) is 19.2. The van der Waals surface area contributed by atoms with Crippen LogP contribution in [0, 0.1) is 0 Å². The van der Waals surface area contributed by atoms with E-state index >= 15 is 0 Å². The Labute approximate surface area is 110 Å². The molecule has 1 N–H and O–H groups in total. The number of hydrogen-bond acceptors (Lipinski definition) is 5. The summed E-state index contributed by atoms with van der Waals surface area (Å²) in [6, 6.07) is 0. The number of nitrogens with zero attached hydrogens (tertiary/aromatic N) is 3. The van der Waals surface area contributed by atoms with E-state index < -0.39 is 0 Å². The minimum absolute atomic E-state index is 0.0979. The van der Waals surface area contributed by atoms with Crippen LogP contribution in [-0.2, 0) is 17.8 Å². The molecular formula is C12H16N4O3. The van der Waals surface area contributed by atoms with E-state index in [-0.39, 0.29) is 5.91 Å². The number of nitrogens with one attached hydrogen (secondary N) is 1. The van der Waals surface area contributed by atoms with Gasteiger partial charge in [-0.3, -0.25) is 9.59 Å². The van der Waals surface area contributed by atoms with Crippen molar-refractivity contribution in [2.24, 2.45) is 0 Å². The van der Waals surface area contributed by atoms with Crippen molar-refractivity contribution in [3.05, 3.63) is 17.0 Å². The van der Waals surface area contributed by atoms with Crippen LogP contribution < -0.4 is 5.32 Å². The van der Waals surface area contributed by atoms with E-state index in [0.717, 1.165) is 30.7 Å². The van der Waals surface area contributed by atoms with Crippen LogP contribution in [-0.4, -0.2) is 60.0 Å². The molecule has 0 aromatic carbocycles. The molecule has 0 saturated carbocycles. The second-order valence-electron chi connectivity index (χ2n) is 4.79. The first-order valence-electron chi connectivity index (χ1n) is 6.46. The maximum Gasteiger partial charge on any atom is 0.276 e. The van der Waals surface area contributed by atoms with Crippen molar-refractivity contribution in [2.45, 2.75) is 13.0 Å². The van der Waals surface area contributed by atoms with Gasteiger partial charge >= 0.3 is 0 Å². The van der Waals surface area contributed by atoms with Crippen LogP contribution >= 0.6 is 0 Å². The van der Waals surface area contributed by atoms with Gasteiger partial charge in [0.15, 0.2) is 5.69 Å². The molecule has 19 heavy (non-hydrogen) atoms. The summed E-state index contributed by atoms with van der Waals surface area (Å²) in [5.41, 5.74) is 1.30. The van der Waals surface area contributed by atoms with Crippen molar-refractivity contribution in [3.63, 3.8) is 0 Å². The summed E-state index contributed by atoms with van der Waals surface area (Å²) in [7, 11) is 0. The lowest BCUT2D eigenvalue weighted by Gasteiger charge is -2.32. The number of fused-ring (bicyclic) bond motifs is 1. The van der Waals surface area contributed by atoms with Gasteiger partial charge in [0.05, 0.1) is 0 Å². The minimum atomic E-state index is -0.0979. The monoisotopic (exact) mass is 264 g/mol. The molecule has 1 aromatic rings. The third-order valence-corrected chi connectivity index (χ3v) is 3.65. The molecule has 1 saturated heterocycles. The van der Waals surface area contributed by atoms with Crippen LogP contribution in [0.15, 0.2) is 4.52 Å². The van der Waals surface area contributed by atoms with Crippen molar-refractivity contribution >= 4 is 12.3 Å². The maximum absolute atomic E-state index is 12.4. The molecule has 0 radical (unpaired) electrons. The summed E-state index contributed by atoms with van der Waals surface area (Å²) >= 11 is 0. The third-order valence-electron chi connectivity index (χ3n) is 3.65. The lowest BCUT2D eigenvalue weighted by molar-refractivity contribution is -0.119. The van der Waals surface area contributed by atoms with Crippen LogP contribution in [0.5, 0.6) is 0 Å². The van der Waals surface area contributed by atoms with E-state index in [2.05, 4.69) is 10.5 Å². The summed E-state index contributed by atoms with van der Waals surface area (Å²) in [5.74, 6) is 0.716. The first-order chi connectivity index (χ1) is 9.29. The molecule has 0 atom stereocenters. The number of carbonyl (C=O) groups is 2. The van der Waals surface area contributed by atoms with E-state index in [9.17, 15) is 9.59 Å². The number of aromatic nitrogens is 1. The predicted octanol–water partition coefficient (Wildman–Crippen LogP) is -0.765. The number of amides is 2. The molecule has 7 nitrogen and oxygen atoms in total. The minimum Gasteiger partial charge on any atom is -0.360 e. The van der Waals surface area contributed by atoms with Gasteiger partial charge in [-0.15, -0.1) is 0 Å². The zero-order valence-corrected chi connectivity index (χ0v) is 10.6. The molecule has 0 unspecified atom stereocenters. The second-order valence-corrected chi connectivity index (χ2v) is 4.79. The molecule has 1 aromatic heterocycles. The molecule has 1 fully saturated rings. The highest BCUT2D eigenvalue weighted by atomic mass is 16.5. The average Bonchev–Trinajstić information content (AvgIpc) is 2.90. The van der Waals surface area contributed by atoms with Gasteiger partial charge in [0.1, 0.15) is 5.76 Å². The molecule has 7 heteroatoms. The Balaban J connectivity index is 1.74. The summed E-state index contributed by atoms with van der Waals surface area (Å²) in [4.78, 5) is 26.4. The average molecular weight is 264 g/mol. The Kier molecular flexibility index (Phi) is 3.20. The Morgan fingerprint density at radius 2 is 2.11 bits per heavy atom. The smallest absolute Gasteiger partial charge is 0.276 e. The van der Waals surface area contributed by atoms with E-state index in [0.29, 0.717) is 38.4 Å². The molecular weight excluding hydrogens is 248 g/mol. The van der Waals surface area contributed by atoms with Gasteiger partial charge in [-0.05, 0) is 0 Å². The molecule has 0 spiro atoms. The molecule has 2 aliphatic rings. The van der Waals surface area contributed by atoms with E-state index in [1.54, 1.807) is 9.80 Å². The highest BCUT2D eigenvalue weighted by molar-refractivity contribution is 5.94. The fourth-order valence-corrected chi connectivity index (χ4v) is 2.49. The SMILES string of the molecule is O=CN1CCN(C(=O)c2noc3c2CNCC3)CC1. The summed E-state index contributed by atoms with van der Waals surface area (Å²) < 4.78 is 5.24. The lowest BCUT2D eigenvalue weighted by atomic mass is 10.1. The maximum atomic E-state index is 12.4. The van der Waals surface area contributed by atoms with Gasteiger partial charge in [-0.2, -0.15) is 0 Å². The van der Waals surface area contributed by atoms with Crippen molar-refractivity contribution in [3.8, 4) is 0 Å². The van der Waals surface area contributed by atoms with Crippen molar-refractivity contribution in [1.82, 2.24) is 20.3 Å². The standard InChI is InChI=1S/C12H16N4O3/c17-8-15-3-5-16(6-4-15)12(18)11-9-7-13-2-1-10(9)19-14-11/h8,13H,1-7H2. The van der Waals surface area contributed by atoms with Crippen LogP contribution in [0.2, 0.25) is 0 Å². The van der Waals surface area contributed by atoms with Crippen LogP contribution in [0.4, 0.5) is 0 Å². The molecule has 0 aliphatic carbocycles. The first kappa shape index (κ1) is 12.2. The van der Waals surface area contributed by atoms with Gasteiger partial charge in [-0.25, -0.2) is 0 Å². The van der Waals surface area contributed by atoms with Gasteiger partial charge in [0.2, 0.25) is 6.41 Å². The number of piperazine rings is 1. The van der Waals surface area contributed by atoms with Gasteiger partial charge in [-0.1, -0.05) is 5.16 Å². The molecule has 0 bridgehead atoms. The Hall–Kier alpha value is -1.89. The molecule has 2 amide bonds. The summed E-state index contributed by atoms with van der Waals surface area (Å²) in [6.07, 6.45) is 1.60. The number of rotatable bonds is 2. The zero-order chi connectivity index (χ0) is 13.2. The Bertz CT molecular complexity index is 491. The first-order valence-corrected chi connectivity index (χ1v) is 6.46. The molecule has 3 rings (SSSR count). The van der Waals surface area contributed by atoms with E-state index in [1.165, 1.54) is 0 Å². The van der Waals surface area contributed by atoms with Crippen LogP contribution in [0.3, 0.4) is 0 Å². The van der Waals surface area contributed by atoms with Crippen molar-refractivity contribution < 1.29 is 14.1 Å².